The number of nitrogens with zero attached hydrogens (tertiary/aromatic N) is 4. The number of aromatic amines is 1. The zero-order valence-electron chi connectivity index (χ0n) is 18.6. The SMILES string of the molecule is C=C/C=C\c1ncc(Sc2nc(N3CC(NS(C)(=O)=O)C3)c3c(Cl)c(CC)[nH]c3n2)cc1C. The fraction of sp³-hybridized carbons (Fsp3) is 0.318. The third-order valence-electron chi connectivity index (χ3n) is 5.23. The topological polar surface area (TPSA) is 104 Å². The van der Waals surface area contributed by atoms with Crippen LogP contribution in [0.5, 0.6) is 0 Å². The highest BCUT2D eigenvalue weighted by Crippen LogP contribution is 2.38. The van der Waals surface area contributed by atoms with Gasteiger partial charge in [0.2, 0.25) is 10.0 Å². The van der Waals surface area contributed by atoms with E-state index < -0.39 is 10.0 Å². The van der Waals surface area contributed by atoms with Crippen LogP contribution in [0.1, 0.15) is 23.9 Å². The number of hydrogen-bond acceptors (Lipinski definition) is 7. The fourth-order valence-corrected chi connectivity index (χ4v) is 5.60. The van der Waals surface area contributed by atoms with Gasteiger partial charge in [-0.2, -0.15) is 0 Å². The van der Waals surface area contributed by atoms with Gasteiger partial charge < -0.3 is 9.88 Å². The Balaban J connectivity index is 1.67. The molecule has 0 radical (unpaired) electrons. The molecule has 1 fully saturated rings. The van der Waals surface area contributed by atoms with Crippen LogP contribution in [-0.4, -0.2) is 53.7 Å². The van der Waals surface area contributed by atoms with Crippen LogP contribution >= 0.6 is 23.4 Å². The predicted octanol–water partition coefficient (Wildman–Crippen LogP) is 3.97. The summed E-state index contributed by atoms with van der Waals surface area (Å²) in [7, 11) is -3.27. The van der Waals surface area contributed by atoms with Gasteiger partial charge in [0.1, 0.15) is 11.5 Å². The molecular formula is C22H25ClN6O2S2. The summed E-state index contributed by atoms with van der Waals surface area (Å²) in [6.45, 7) is 8.73. The number of pyridine rings is 1. The number of H-pyrrole nitrogens is 1. The van der Waals surface area contributed by atoms with E-state index in [0.717, 1.165) is 33.7 Å². The zero-order valence-corrected chi connectivity index (χ0v) is 21.0. The first-order chi connectivity index (χ1) is 15.7. The van der Waals surface area contributed by atoms with Gasteiger partial charge in [-0.05, 0) is 42.8 Å². The van der Waals surface area contributed by atoms with Gasteiger partial charge >= 0.3 is 0 Å². The number of fused-ring (bicyclic) bond motifs is 1. The summed E-state index contributed by atoms with van der Waals surface area (Å²) in [5.41, 5.74) is 3.48. The van der Waals surface area contributed by atoms with E-state index in [9.17, 15) is 8.42 Å². The lowest BCUT2D eigenvalue weighted by atomic mass is 10.1. The van der Waals surface area contributed by atoms with E-state index in [4.69, 9.17) is 21.6 Å². The van der Waals surface area contributed by atoms with Crippen molar-refractivity contribution in [2.75, 3.05) is 24.2 Å². The number of hydrogen-bond donors (Lipinski definition) is 2. The number of anilines is 1. The summed E-state index contributed by atoms with van der Waals surface area (Å²) < 4.78 is 25.7. The number of allylic oxidation sites excluding steroid dienone is 2. The molecule has 0 spiro atoms. The first kappa shape index (κ1) is 23.7. The minimum atomic E-state index is -3.27. The first-order valence-electron chi connectivity index (χ1n) is 10.4. The molecule has 0 aliphatic carbocycles. The van der Waals surface area contributed by atoms with Gasteiger partial charge in [-0.25, -0.2) is 23.1 Å². The van der Waals surface area contributed by atoms with Crippen LogP contribution in [0.2, 0.25) is 5.02 Å². The lowest BCUT2D eigenvalue weighted by molar-refractivity contribution is 0.468. The molecule has 33 heavy (non-hydrogen) atoms. The van der Waals surface area contributed by atoms with Crippen molar-refractivity contribution in [1.29, 1.82) is 0 Å². The Morgan fingerprint density at radius 2 is 2.15 bits per heavy atom. The molecule has 1 saturated heterocycles. The summed E-state index contributed by atoms with van der Waals surface area (Å²) in [6, 6.07) is 1.88. The maximum Gasteiger partial charge on any atom is 0.209 e. The number of aromatic nitrogens is 4. The number of halogens is 1. The van der Waals surface area contributed by atoms with E-state index in [1.807, 2.05) is 37.0 Å². The standard InChI is InChI=1S/C22H25ClN6O2S2/c1-5-7-8-17-13(3)9-15(10-24-17)32-22-26-20-18(19(23)16(6-2)25-20)21(27-22)29-11-14(12-29)28-33(4,30)31/h5,7-10,14,28H,1,6,11-12H2,2-4H3,(H,25,26,27)/b8-7-. The molecule has 8 nitrogen and oxygen atoms in total. The number of nitrogens with one attached hydrogen (secondary N) is 2. The van der Waals surface area contributed by atoms with E-state index in [0.29, 0.717) is 34.7 Å². The molecule has 0 amide bonds. The Hall–Kier alpha value is -2.40. The van der Waals surface area contributed by atoms with Gasteiger partial charge in [-0.3, -0.25) is 4.98 Å². The van der Waals surface area contributed by atoms with Crippen LogP contribution in [0, 0.1) is 6.92 Å². The molecule has 0 atom stereocenters. The summed E-state index contributed by atoms with van der Waals surface area (Å²) >= 11 is 8.06. The normalized spacial score (nSPS) is 14.8. The molecule has 1 aliphatic heterocycles. The maximum atomic E-state index is 11.6. The fourth-order valence-electron chi connectivity index (χ4n) is 3.67. The molecule has 174 valence electrons. The Bertz CT molecular complexity index is 1350. The van der Waals surface area contributed by atoms with Crippen LogP contribution in [0.15, 0.2) is 41.0 Å². The average Bonchev–Trinajstić information content (AvgIpc) is 3.04. The van der Waals surface area contributed by atoms with E-state index in [1.165, 1.54) is 18.0 Å². The number of rotatable bonds is 8. The van der Waals surface area contributed by atoms with Crippen molar-refractivity contribution in [3.63, 3.8) is 0 Å². The highest BCUT2D eigenvalue weighted by Gasteiger charge is 2.32. The highest BCUT2D eigenvalue weighted by atomic mass is 35.5. The quantitative estimate of drug-likeness (QED) is 0.353. The minimum absolute atomic E-state index is 0.160. The summed E-state index contributed by atoms with van der Waals surface area (Å²) in [4.78, 5) is 20.3. The Morgan fingerprint density at radius 1 is 1.39 bits per heavy atom. The minimum Gasteiger partial charge on any atom is -0.353 e. The number of aryl methyl sites for hydroxylation is 2. The van der Waals surface area contributed by atoms with Crippen molar-refractivity contribution < 1.29 is 8.42 Å². The zero-order chi connectivity index (χ0) is 23.8. The molecule has 0 bridgehead atoms. The van der Waals surface area contributed by atoms with Crippen molar-refractivity contribution >= 4 is 56.3 Å². The molecule has 3 aromatic rings. The molecule has 3 aromatic heterocycles. The average molecular weight is 505 g/mol. The first-order valence-corrected chi connectivity index (χ1v) is 13.5. The summed E-state index contributed by atoms with van der Waals surface area (Å²) in [5, 5.41) is 1.93. The van der Waals surface area contributed by atoms with Crippen LogP contribution < -0.4 is 9.62 Å². The highest BCUT2D eigenvalue weighted by molar-refractivity contribution is 7.99. The van der Waals surface area contributed by atoms with Gasteiger partial charge in [0, 0.05) is 29.9 Å². The Labute approximate surface area is 202 Å². The lowest BCUT2D eigenvalue weighted by Gasteiger charge is -2.40. The molecule has 4 heterocycles. The van der Waals surface area contributed by atoms with Crippen molar-refractivity contribution in [3.8, 4) is 0 Å². The van der Waals surface area contributed by atoms with Crippen LogP contribution in [0.3, 0.4) is 0 Å². The Kier molecular flexibility index (Phi) is 6.81. The van der Waals surface area contributed by atoms with Crippen molar-refractivity contribution in [2.24, 2.45) is 0 Å². The van der Waals surface area contributed by atoms with Gasteiger partial charge in [-0.15, -0.1) is 0 Å². The second kappa shape index (κ2) is 9.46. The third kappa shape index (κ3) is 5.24. The molecule has 1 aliphatic rings. The van der Waals surface area contributed by atoms with Crippen LogP contribution in [-0.2, 0) is 16.4 Å². The van der Waals surface area contributed by atoms with Crippen LogP contribution in [0.25, 0.3) is 17.1 Å². The van der Waals surface area contributed by atoms with Crippen molar-refractivity contribution in [1.82, 2.24) is 24.7 Å². The van der Waals surface area contributed by atoms with Gasteiger partial charge in [0.15, 0.2) is 5.16 Å². The maximum absolute atomic E-state index is 11.6. The molecule has 0 saturated carbocycles. The molecule has 11 heteroatoms. The summed E-state index contributed by atoms with van der Waals surface area (Å²) in [5.74, 6) is 0.699. The summed E-state index contributed by atoms with van der Waals surface area (Å²) in [6.07, 6.45) is 9.17. The van der Waals surface area contributed by atoms with Crippen molar-refractivity contribution in [3.05, 3.63) is 53.0 Å². The molecule has 0 aromatic carbocycles. The largest absolute Gasteiger partial charge is 0.353 e. The van der Waals surface area contributed by atoms with Crippen LogP contribution in [0.4, 0.5) is 5.82 Å². The molecule has 0 unspecified atom stereocenters. The third-order valence-corrected chi connectivity index (χ3v) is 7.23. The molecule has 2 N–H and O–H groups in total. The van der Waals surface area contributed by atoms with E-state index in [-0.39, 0.29) is 6.04 Å². The smallest absolute Gasteiger partial charge is 0.209 e. The van der Waals surface area contributed by atoms with E-state index in [2.05, 4.69) is 21.3 Å². The molecule has 4 rings (SSSR count). The van der Waals surface area contributed by atoms with Gasteiger partial charge in [-0.1, -0.05) is 37.3 Å². The van der Waals surface area contributed by atoms with Gasteiger partial charge in [0.05, 0.1) is 28.4 Å². The van der Waals surface area contributed by atoms with Gasteiger partial charge in [0.25, 0.3) is 0 Å². The monoisotopic (exact) mass is 504 g/mol. The van der Waals surface area contributed by atoms with E-state index in [1.54, 1.807) is 12.3 Å². The van der Waals surface area contributed by atoms with Crippen molar-refractivity contribution in [2.45, 2.75) is 36.4 Å². The molecular weight excluding hydrogens is 480 g/mol. The predicted molar refractivity (Wildman–Crippen MR) is 135 cm³/mol. The number of sulfonamides is 1. The second-order valence-electron chi connectivity index (χ2n) is 7.89. The lowest BCUT2D eigenvalue weighted by Crippen LogP contribution is -2.59. The van der Waals surface area contributed by atoms with E-state index >= 15 is 0 Å². The second-order valence-corrected chi connectivity index (χ2v) is 11.1. The Morgan fingerprint density at radius 3 is 2.79 bits per heavy atom.